The molecule has 2 fully saturated rings. The van der Waals surface area contributed by atoms with Gasteiger partial charge in [0.15, 0.2) is 0 Å². The van der Waals surface area contributed by atoms with Gasteiger partial charge in [-0.2, -0.15) is 0 Å². The van der Waals surface area contributed by atoms with Crippen LogP contribution >= 0.6 is 22.9 Å². The average molecular weight is 299 g/mol. The molecule has 0 unspecified atom stereocenters. The lowest BCUT2D eigenvalue weighted by Gasteiger charge is -2.51. The Morgan fingerprint density at radius 3 is 2.68 bits per heavy atom. The van der Waals surface area contributed by atoms with Crippen molar-refractivity contribution in [3.63, 3.8) is 0 Å². The molecule has 0 amide bonds. The molecular weight excluding hydrogens is 276 g/mol. The van der Waals surface area contributed by atoms with Crippen molar-refractivity contribution in [1.29, 1.82) is 0 Å². The summed E-state index contributed by atoms with van der Waals surface area (Å²) in [5.41, 5.74) is 0.612. The predicted molar refractivity (Wildman–Crippen MR) is 83.0 cm³/mol. The molecule has 1 saturated heterocycles. The molecule has 0 radical (unpaired) electrons. The molecule has 4 heteroatoms. The fourth-order valence-corrected chi connectivity index (χ4v) is 4.54. The Hall–Kier alpha value is -0.0900. The number of nitrogens with one attached hydrogen (secondary N) is 1. The van der Waals surface area contributed by atoms with Crippen molar-refractivity contribution in [2.75, 3.05) is 13.1 Å². The first-order valence-corrected chi connectivity index (χ1v) is 8.43. The highest BCUT2D eigenvalue weighted by Gasteiger charge is 2.44. The van der Waals surface area contributed by atoms with E-state index >= 15 is 0 Å². The largest absolute Gasteiger partial charge is 0.308 e. The Morgan fingerprint density at radius 1 is 1.32 bits per heavy atom. The van der Waals surface area contributed by atoms with Crippen LogP contribution < -0.4 is 5.32 Å². The van der Waals surface area contributed by atoms with Crippen molar-refractivity contribution in [2.24, 2.45) is 0 Å². The number of halogens is 1. The van der Waals surface area contributed by atoms with E-state index in [1.54, 1.807) is 11.3 Å². The Balaban J connectivity index is 1.76. The summed E-state index contributed by atoms with van der Waals surface area (Å²) in [5.74, 6) is 0. The molecule has 3 rings (SSSR count). The van der Waals surface area contributed by atoms with Gasteiger partial charge in [0.1, 0.15) is 0 Å². The van der Waals surface area contributed by atoms with Crippen LogP contribution in [0.2, 0.25) is 4.34 Å². The molecule has 0 aromatic carbocycles. The summed E-state index contributed by atoms with van der Waals surface area (Å²) < 4.78 is 0.901. The van der Waals surface area contributed by atoms with Crippen LogP contribution in [0.5, 0.6) is 0 Å². The van der Waals surface area contributed by atoms with Gasteiger partial charge in [0.05, 0.1) is 4.34 Å². The van der Waals surface area contributed by atoms with Crippen molar-refractivity contribution in [3.8, 4) is 0 Å². The number of thiophene rings is 1. The zero-order chi connectivity index (χ0) is 13.5. The monoisotopic (exact) mass is 298 g/mol. The highest BCUT2D eigenvalue weighted by atomic mass is 35.5. The normalized spacial score (nSPS) is 26.1. The third-order valence-corrected chi connectivity index (χ3v) is 6.00. The maximum atomic E-state index is 6.06. The summed E-state index contributed by atoms with van der Waals surface area (Å²) in [4.78, 5) is 4.03. The maximum absolute atomic E-state index is 6.06. The molecule has 0 atom stereocenters. The SMILES string of the molecule is CC1(C)CNC2(CCCC2)CN1Cc1ccc(Cl)s1. The van der Waals surface area contributed by atoms with E-state index in [1.165, 1.54) is 37.1 Å². The number of hydrogen-bond donors (Lipinski definition) is 1. The highest BCUT2D eigenvalue weighted by Crippen LogP contribution is 2.37. The minimum atomic E-state index is 0.226. The van der Waals surface area contributed by atoms with Gasteiger partial charge in [-0.1, -0.05) is 24.4 Å². The van der Waals surface area contributed by atoms with Gasteiger partial charge in [0, 0.05) is 35.6 Å². The topological polar surface area (TPSA) is 15.3 Å². The quantitative estimate of drug-likeness (QED) is 0.891. The van der Waals surface area contributed by atoms with Gasteiger partial charge in [-0.3, -0.25) is 4.90 Å². The molecule has 2 aliphatic rings. The summed E-state index contributed by atoms with van der Waals surface area (Å²) in [7, 11) is 0. The molecule has 1 aliphatic carbocycles. The Morgan fingerprint density at radius 2 is 2.05 bits per heavy atom. The van der Waals surface area contributed by atoms with E-state index < -0.39 is 0 Å². The lowest BCUT2D eigenvalue weighted by Crippen LogP contribution is -2.66. The van der Waals surface area contributed by atoms with Crippen LogP contribution in [0.4, 0.5) is 0 Å². The lowest BCUT2D eigenvalue weighted by molar-refractivity contribution is 0.0225. The number of piperazine rings is 1. The fraction of sp³-hybridized carbons (Fsp3) is 0.733. The third-order valence-electron chi connectivity index (χ3n) is 4.78. The van der Waals surface area contributed by atoms with Crippen LogP contribution in [0.15, 0.2) is 12.1 Å². The van der Waals surface area contributed by atoms with Gasteiger partial charge in [-0.25, -0.2) is 0 Å². The van der Waals surface area contributed by atoms with E-state index in [4.69, 9.17) is 11.6 Å². The van der Waals surface area contributed by atoms with E-state index in [0.29, 0.717) is 5.54 Å². The zero-order valence-corrected chi connectivity index (χ0v) is 13.4. The third kappa shape index (κ3) is 2.85. The Bertz CT molecular complexity index is 449. The van der Waals surface area contributed by atoms with Gasteiger partial charge >= 0.3 is 0 Å². The second-order valence-electron chi connectivity index (χ2n) is 6.72. The van der Waals surface area contributed by atoms with E-state index in [-0.39, 0.29) is 5.54 Å². The van der Waals surface area contributed by atoms with Gasteiger partial charge in [-0.05, 0) is 38.8 Å². The molecule has 1 spiro atoms. The van der Waals surface area contributed by atoms with Crippen LogP contribution in [-0.4, -0.2) is 29.1 Å². The van der Waals surface area contributed by atoms with Crippen LogP contribution in [0, 0.1) is 0 Å². The maximum Gasteiger partial charge on any atom is 0.0931 e. The van der Waals surface area contributed by atoms with Crippen LogP contribution in [-0.2, 0) is 6.54 Å². The van der Waals surface area contributed by atoms with Crippen LogP contribution in [0.25, 0.3) is 0 Å². The van der Waals surface area contributed by atoms with Crippen LogP contribution in [0.1, 0.15) is 44.4 Å². The first-order valence-electron chi connectivity index (χ1n) is 7.24. The summed E-state index contributed by atoms with van der Waals surface area (Å²) in [6.45, 7) is 7.99. The zero-order valence-electron chi connectivity index (χ0n) is 11.8. The molecule has 106 valence electrons. The first-order chi connectivity index (χ1) is 8.99. The molecule has 0 bridgehead atoms. The Labute approximate surface area is 125 Å². The molecular formula is C15H23ClN2S. The summed E-state index contributed by atoms with van der Waals surface area (Å²) in [5, 5.41) is 3.84. The molecule has 1 aliphatic heterocycles. The molecule has 19 heavy (non-hydrogen) atoms. The van der Waals surface area contributed by atoms with Crippen molar-refractivity contribution in [3.05, 3.63) is 21.3 Å². The molecule has 1 N–H and O–H groups in total. The van der Waals surface area contributed by atoms with Crippen molar-refractivity contribution >= 4 is 22.9 Å². The molecule has 1 saturated carbocycles. The molecule has 1 aromatic heterocycles. The smallest absolute Gasteiger partial charge is 0.0931 e. The van der Waals surface area contributed by atoms with Gasteiger partial charge in [0.2, 0.25) is 0 Å². The minimum absolute atomic E-state index is 0.226. The molecule has 2 nitrogen and oxygen atoms in total. The second-order valence-corrected chi connectivity index (χ2v) is 8.51. The standard InChI is InChI=1S/C15H23ClN2S/c1-14(2)10-17-15(7-3-4-8-15)11-18(14)9-12-5-6-13(16)19-12/h5-6,17H,3-4,7-11H2,1-2H3. The van der Waals surface area contributed by atoms with E-state index in [0.717, 1.165) is 17.4 Å². The average Bonchev–Trinajstić information content (AvgIpc) is 2.95. The fourth-order valence-electron chi connectivity index (χ4n) is 3.43. The van der Waals surface area contributed by atoms with Crippen LogP contribution in [0.3, 0.4) is 0 Å². The van der Waals surface area contributed by atoms with Crippen molar-refractivity contribution in [1.82, 2.24) is 10.2 Å². The van der Waals surface area contributed by atoms with Crippen molar-refractivity contribution < 1.29 is 0 Å². The second kappa shape index (κ2) is 5.03. The Kier molecular flexibility index (Phi) is 3.67. The molecule has 1 aromatic rings. The number of hydrogen-bond acceptors (Lipinski definition) is 3. The lowest BCUT2D eigenvalue weighted by atomic mass is 9.87. The predicted octanol–water partition coefficient (Wildman–Crippen LogP) is 3.90. The van der Waals surface area contributed by atoms with E-state index in [1.807, 2.05) is 6.07 Å². The van der Waals surface area contributed by atoms with Gasteiger partial charge in [-0.15, -0.1) is 11.3 Å². The summed E-state index contributed by atoms with van der Waals surface area (Å²) >= 11 is 7.77. The number of nitrogens with zero attached hydrogens (tertiary/aromatic N) is 1. The first kappa shape index (κ1) is 13.9. The van der Waals surface area contributed by atoms with E-state index in [2.05, 4.69) is 30.1 Å². The highest BCUT2D eigenvalue weighted by molar-refractivity contribution is 7.16. The number of rotatable bonds is 2. The van der Waals surface area contributed by atoms with Gasteiger partial charge in [0.25, 0.3) is 0 Å². The summed E-state index contributed by atoms with van der Waals surface area (Å²) in [6, 6.07) is 4.19. The van der Waals surface area contributed by atoms with E-state index in [9.17, 15) is 0 Å². The minimum Gasteiger partial charge on any atom is -0.308 e. The van der Waals surface area contributed by atoms with Gasteiger partial charge < -0.3 is 5.32 Å². The molecule has 2 heterocycles. The van der Waals surface area contributed by atoms with Crippen molar-refractivity contribution in [2.45, 2.75) is 57.2 Å². The summed E-state index contributed by atoms with van der Waals surface area (Å²) in [6.07, 6.45) is 5.44.